The molecule has 1 atom stereocenters. The van der Waals surface area contributed by atoms with Crippen molar-refractivity contribution in [3.63, 3.8) is 0 Å². The van der Waals surface area contributed by atoms with Crippen molar-refractivity contribution in [3.05, 3.63) is 29.8 Å². The highest BCUT2D eigenvalue weighted by Gasteiger charge is 2.31. The third-order valence-electron chi connectivity index (χ3n) is 3.49. The average molecular weight is 217 g/mol. The molecule has 0 aromatic heterocycles. The quantitative estimate of drug-likeness (QED) is 0.600. The van der Waals surface area contributed by atoms with Gasteiger partial charge in [0.25, 0.3) is 0 Å². The number of anilines is 1. The molecule has 86 valence electrons. The van der Waals surface area contributed by atoms with Gasteiger partial charge in [-0.3, -0.25) is 5.41 Å². The van der Waals surface area contributed by atoms with E-state index in [1.807, 2.05) is 24.3 Å². The molecular formula is C13H19N3. The van der Waals surface area contributed by atoms with Crippen LogP contribution in [0.4, 0.5) is 5.69 Å². The molecular weight excluding hydrogens is 198 g/mol. The monoisotopic (exact) mass is 217 g/mol. The van der Waals surface area contributed by atoms with Crippen LogP contribution in [0.5, 0.6) is 0 Å². The van der Waals surface area contributed by atoms with Crippen LogP contribution in [0.2, 0.25) is 0 Å². The van der Waals surface area contributed by atoms with Gasteiger partial charge < -0.3 is 10.6 Å². The molecule has 3 nitrogen and oxygen atoms in total. The van der Waals surface area contributed by atoms with E-state index in [9.17, 15) is 0 Å². The predicted octanol–water partition coefficient (Wildman–Crippen LogP) is 2.21. The Kier molecular flexibility index (Phi) is 2.86. The van der Waals surface area contributed by atoms with Gasteiger partial charge in [0, 0.05) is 24.3 Å². The smallest absolute Gasteiger partial charge is 0.124 e. The molecule has 1 aliphatic rings. The molecule has 1 aromatic rings. The van der Waals surface area contributed by atoms with Crippen LogP contribution in [-0.2, 0) is 0 Å². The largest absolute Gasteiger partial charge is 0.384 e. The summed E-state index contributed by atoms with van der Waals surface area (Å²) in [6.07, 6.45) is 2.65. The van der Waals surface area contributed by atoms with Crippen molar-refractivity contribution in [3.8, 4) is 0 Å². The van der Waals surface area contributed by atoms with E-state index in [1.54, 1.807) is 0 Å². The van der Waals surface area contributed by atoms with Gasteiger partial charge in [-0.15, -0.1) is 0 Å². The summed E-state index contributed by atoms with van der Waals surface area (Å²) in [5, 5.41) is 7.58. The fourth-order valence-electron chi connectivity index (χ4n) is 2.12. The molecule has 1 unspecified atom stereocenters. The number of benzene rings is 1. The topological polar surface area (TPSA) is 53.1 Å². The predicted molar refractivity (Wildman–Crippen MR) is 68.0 cm³/mol. The number of nitrogens with two attached hydrogens (primary N) is 1. The lowest BCUT2D eigenvalue weighted by molar-refractivity contribution is 0.609. The molecule has 0 bridgehead atoms. The molecule has 0 saturated heterocycles. The summed E-state index contributed by atoms with van der Waals surface area (Å²) in [4.78, 5) is 2.24. The lowest BCUT2D eigenvalue weighted by Crippen LogP contribution is -2.32. The van der Waals surface area contributed by atoms with Crippen LogP contribution in [0.25, 0.3) is 0 Å². The van der Waals surface area contributed by atoms with Gasteiger partial charge in [0.2, 0.25) is 0 Å². The van der Waals surface area contributed by atoms with Gasteiger partial charge in [-0.05, 0) is 37.8 Å². The number of rotatable bonds is 4. The lowest BCUT2D eigenvalue weighted by Gasteiger charge is -2.28. The number of nitrogen functional groups attached to an aromatic ring is 1. The minimum Gasteiger partial charge on any atom is -0.384 e. The van der Waals surface area contributed by atoms with E-state index < -0.39 is 0 Å². The van der Waals surface area contributed by atoms with Crippen molar-refractivity contribution in [1.82, 2.24) is 0 Å². The van der Waals surface area contributed by atoms with Crippen LogP contribution < -0.4 is 10.6 Å². The Morgan fingerprint density at radius 1 is 1.44 bits per heavy atom. The van der Waals surface area contributed by atoms with Crippen molar-refractivity contribution >= 4 is 11.5 Å². The minimum atomic E-state index is 0.144. The second kappa shape index (κ2) is 4.16. The number of amidine groups is 1. The maximum absolute atomic E-state index is 7.58. The molecule has 1 aliphatic carbocycles. The van der Waals surface area contributed by atoms with Crippen LogP contribution in [-0.4, -0.2) is 18.9 Å². The maximum atomic E-state index is 7.58. The SMILES string of the molecule is CC(C1CC1)N(C)c1ccccc1C(=N)N. The highest BCUT2D eigenvalue weighted by Crippen LogP contribution is 2.36. The zero-order chi connectivity index (χ0) is 11.7. The Morgan fingerprint density at radius 2 is 2.06 bits per heavy atom. The van der Waals surface area contributed by atoms with E-state index in [1.165, 1.54) is 12.8 Å². The van der Waals surface area contributed by atoms with E-state index in [2.05, 4.69) is 18.9 Å². The van der Waals surface area contributed by atoms with Gasteiger partial charge in [0.1, 0.15) is 5.84 Å². The molecule has 1 fully saturated rings. The molecule has 1 aromatic carbocycles. The highest BCUT2D eigenvalue weighted by molar-refractivity contribution is 6.00. The first kappa shape index (κ1) is 11.0. The first-order chi connectivity index (χ1) is 7.61. The van der Waals surface area contributed by atoms with Gasteiger partial charge in [0.15, 0.2) is 0 Å². The third-order valence-corrected chi connectivity index (χ3v) is 3.49. The van der Waals surface area contributed by atoms with E-state index in [4.69, 9.17) is 11.1 Å². The van der Waals surface area contributed by atoms with Gasteiger partial charge in [-0.2, -0.15) is 0 Å². The van der Waals surface area contributed by atoms with Crippen LogP contribution in [0.3, 0.4) is 0 Å². The zero-order valence-corrected chi connectivity index (χ0v) is 9.90. The first-order valence-corrected chi connectivity index (χ1v) is 5.77. The van der Waals surface area contributed by atoms with E-state index >= 15 is 0 Å². The van der Waals surface area contributed by atoms with Gasteiger partial charge >= 0.3 is 0 Å². The molecule has 2 rings (SSSR count). The van der Waals surface area contributed by atoms with Crippen molar-refractivity contribution in [2.45, 2.75) is 25.8 Å². The second-order valence-electron chi connectivity index (χ2n) is 4.62. The summed E-state index contributed by atoms with van der Waals surface area (Å²) in [7, 11) is 2.09. The summed E-state index contributed by atoms with van der Waals surface area (Å²) in [6.45, 7) is 2.24. The molecule has 16 heavy (non-hydrogen) atoms. The number of hydrogen-bond donors (Lipinski definition) is 2. The van der Waals surface area contributed by atoms with Crippen molar-refractivity contribution in [2.75, 3.05) is 11.9 Å². The summed E-state index contributed by atoms with van der Waals surface area (Å²) in [5.41, 5.74) is 7.50. The summed E-state index contributed by atoms with van der Waals surface area (Å²) >= 11 is 0. The first-order valence-electron chi connectivity index (χ1n) is 5.77. The van der Waals surface area contributed by atoms with E-state index in [0.717, 1.165) is 17.2 Å². The molecule has 0 radical (unpaired) electrons. The Morgan fingerprint density at radius 3 is 2.62 bits per heavy atom. The Balaban J connectivity index is 2.27. The average Bonchev–Trinajstić information content (AvgIpc) is 3.11. The van der Waals surface area contributed by atoms with Crippen LogP contribution >= 0.6 is 0 Å². The standard InChI is InChI=1S/C13H19N3/c1-9(10-7-8-10)16(2)12-6-4-3-5-11(12)13(14)15/h3-6,9-10H,7-8H2,1-2H3,(H3,14,15). The fourth-order valence-corrected chi connectivity index (χ4v) is 2.12. The van der Waals surface area contributed by atoms with Crippen LogP contribution in [0.1, 0.15) is 25.3 Å². The molecule has 0 spiro atoms. The molecule has 0 heterocycles. The Labute approximate surface area is 96.8 Å². The molecule has 0 aliphatic heterocycles. The van der Waals surface area contributed by atoms with Crippen LogP contribution in [0.15, 0.2) is 24.3 Å². The minimum absolute atomic E-state index is 0.144. The molecule has 1 saturated carbocycles. The van der Waals surface area contributed by atoms with Crippen molar-refractivity contribution < 1.29 is 0 Å². The van der Waals surface area contributed by atoms with E-state index in [0.29, 0.717) is 6.04 Å². The van der Waals surface area contributed by atoms with Crippen LogP contribution in [0, 0.1) is 11.3 Å². The van der Waals surface area contributed by atoms with E-state index in [-0.39, 0.29) is 5.84 Å². The van der Waals surface area contributed by atoms with Gasteiger partial charge in [-0.25, -0.2) is 0 Å². The molecule has 0 amide bonds. The van der Waals surface area contributed by atoms with Crippen molar-refractivity contribution in [2.24, 2.45) is 11.7 Å². The second-order valence-corrected chi connectivity index (χ2v) is 4.62. The molecule has 3 heteroatoms. The normalized spacial score (nSPS) is 16.9. The number of nitrogens with one attached hydrogen (secondary N) is 1. The van der Waals surface area contributed by atoms with Crippen molar-refractivity contribution in [1.29, 1.82) is 5.41 Å². The number of para-hydroxylation sites is 1. The lowest BCUT2D eigenvalue weighted by atomic mass is 10.1. The summed E-state index contributed by atoms with van der Waals surface area (Å²) < 4.78 is 0. The molecule has 3 N–H and O–H groups in total. The van der Waals surface area contributed by atoms with Gasteiger partial charge in [-0.1, -0.05) is 12.1 Å². The Hall–Kier alpha value is -1.51. The maximum Gasteiger partial charge on any atom is 0.124 e. The zero-order valence-electron chi connectivity index (χ0n) is 9.90. The number of hydrogen-bond acceptors (Lipinski definition) is 2. The fraction of sp³-hybridized carbons (Fsp3) is 0.462. The Bertz CT molecular complexity index is 396. The summed E-state index contributed by atoms with van der Waals surface area (Å²) in [5.74, 6) is 0.954. The summed E-state index contributed by atoms with van der Waals surface area (Å²) in [6, 6.07) is 8.40. The highest BCUT2D eigenvalue weighted by atomic mass is 15.1. The number of nitrogens with zero attached hydrogens (tertiary/aromatic N) is 1. The van der Waals surface area contributed by atoms with Gasteiger partial charge in [0.05, 0.1) is 0 Å². The third kappa shape index (κ3) is 2.03.